The maximum atomic E-state index is 13.3. The van der Waals surface area contributed by atoms with Crippen LogP contribution in [-0.2, 0) is 14.4 Å². The number of halogens is 1. The summed E-state index contributed by atoms with van der Waals surface area (Å²) in [6, 6.07) is 0.398. The highest BCUT2D eigenvalue weighted by Gasteiger charge is 2.63. The molecule has 0 spiro atoms. The molecule has 0 aromatic rings. The van der Waals surface area contributed by atoms with Crippen molar-refractivity contribution in [3.63, 3.8) is 0 Å². The van der Waals surface area contributed by atoms with Crippen LogP contribution in [0.15, 0.2) is 5.16 Å². The second-order valence-corrected chi connectivity index (χ2v) is 11.1. The van der Waals surface area contributed by atoms with Gasteiger partial charge in [-0.15, -0.1) is 12.4 Å². The summed E-state index contributed by atoms with van der Waals surface area (Å²) < 4.78 is 0. The second kappa shape index (κ2) is 8.20. The van der Waals surface area contributed by atoms with Gasteiger partial charge in [0.05, 0.1) is 5.71 Å². The molecule has 1 saturated heterocycles. The van der Waals surface area contributed by atoms with Gasteiger partial charge in [0.15, 0.2) is 0 Å². The van der Waals surface area contributed by atoms with Crippen molar-refractivity contribution < 1.29 is 14.4 Å². The molecule has 168 valence electrons. The normalized spacial score (nSPS) is 46.7. The maximum absolute atomic E-state index is 13.3. The fraction of sp³-hybridized carbons (Fsp3) is 0.875. The molecule has 30 heavy (non-hydrogen) atoms. The molecule has 1 aliphatic heterocycles. The van der Waals surface area contributed by atoms with Gasteiger partial charge >= 0.3 is 0 Å². The van der Waals surface area contributed by atoms with Crippen molar-refractivity contribution in [1.82, 2.24) is 5.32 Å². The van der Waals surface area contributed by atoms with E-state index in [0.717, 1.165) is 44.4 Å². The minimum absolute atomic E-state index is 0. The van der Waals surface area contributed by atoms with E-state index < -0.39 is 0 Å². The first-order valence-corrected chi connectivity index (χ1v) is 11.9. The van der Waals surface area contributed by atoms with E-state index in [4.69, 9.17) is 4.84 Å². The zero-order valence-electron chi connectivity index (χ0n) is 18.5. The van der Waals surface area contributed by atoms with Crippen molar-refractivity contribution in [3.8, 4) is 0 Å². The molecule has 1 N–H and O–H groups in total. The Morgan fingerprint density at radius 2 is 1.87 bits per heavy atom. The molecule has 5 nitrogen and oxygen atoms in total. The van der Waals surface area contributed by atoms with E-state index in [9.17, 15) is 9.59 Å². The fourth-order valence-corrected chi connectivity index (χ4v) is 7.76. The summed E-state index contributed by atoms with van der Waals surface area (Å²) in [5, 5.41) is 7.83. The van der Waals surface area contributed by atoms with Crippen molar-refractivity contribution in [2.24, 2.45) is 39.7 Å². The first-order valence-electron chi connectivity index (χ1n) is 11.9. The van der Waals surface area contributed by atoms with E-state index in [-0.39, 0.29) is 46.6 Å². The van der Waals surface area contributed by atoms with Crippen molar-refractivity contribution in [1.29, 1.82) is 0 Å². The van der Waals surface area contributed by atoms with Gasteiger partial charge in [-0.3, -0.25) is 9.59 Å². The van der Waals surface area contributed by atoms with Gasteiger partial charge in [0.25, 0.3) is 0 Å². The Morgan fingerprint density at radius 1 is 1.03 bits per heavy atom. The predicted octanol–water partition coefficient (Wildman–Crippen LogP) is 4.32. The van der Waals surface area contributed by atoms with Crippen LogP contribution in [0.4, 0.5) is 0 Å². The zero-order valence-corrected chi connectivity index (χ0v) is 19.3. The van der Waals surface area contributed by atoms with Crippen molar-refractivity contribution in [2.45, 2.75) is 84.1 Å². The largest absolute Gasteiger partial charge is 0.394 e. The van der Waals surface area contributed by atoms with Crippen LogP contribution in [0.5, 0.6) is 0 Å². The molecule has 1 heterocycles. The molecule has 0 amide bonds. The maximum Gasteiger partial charge on any atom is 0.202 e. The average Bonchev–Trinajstić information content (AvgIpc) is 3.35. The molecule has 4 saturated carbocycles. The Balaban J connectivity index is 0.00000218. The molecular formula is C24H37ClN2O3. The van der Waals surface area contributed by atoms with Gasteiger partial charge in [-0.25, -0.2) is 0 Å². The van der Waals surface area contributed by atoms with Gasteiger partial charge in [0, 0.05) is 17.9 Å². The Bertz CT molecular complexity index is 734. The van der Waals surface area contributed by atoms with E-state index >= 15 is 0 Å². The molecule has 0 bridgehead atoms. The van der Waals surface area contributed by atoms with Crippen LogP contribution in [-0.4, -0.2) is 36.5 Å². The minimum Gasteiger partial charge on any atom is -0.394 e. The molecule has 5 aliphatic rings. The summed E-state index contributed by atoms with van der Waals surface area (Å²) in [7, 11) is 0. The van der Waals surface area contributed by atoms with Crippen LogP contribution < -0.4 is 5.32 Å². The average molecular weight is 437 g/mol. The molecule has 1 unspecified atom stereocenters. The number of nitrogens with one attached hydrogen (secondary N) is 1. The topological polar surface area (TPSA) is 67.8 Å². The van der Waals surface area contributed by atoms with Crippen LogP contribution in [0, 0.1) is 34.5 Å². The summed E-state index contributed by atoms with van der Waals surface area (Å²) in [5.74, 6) is 0.435. The van der Waals surface area contributed by atoms with Crippen LogP contribution in [0.2, 0.25) is 0 Å². The van der Waals surface area contributed by atoms with Crippen LogP contribution in [0.3, 0.4) is 0 Å². The SMILES string of the molecule is C[C@@]12CCC[C@H]1[C@@H]1C(=O)C(=O)C3C/C(=N/OC[C@H]4CCCN4)CC[C@]3(C)[C@H]1CC2.Cl. The summed E-state index contributed by atoms with van der Waals surface area (Å²) in [6.07, 6.45) is 10.7. The number of carbonyl (C=O) groups excluding carboxylic acids is 2. The summed E-state index contributed by atoms with van der Waals surface area (Å²) >= 11 is 0. The number of ketones is 2. The molecule has 4 aliphatic carbocycles. The van der Waals surface area contributed by atoms with Gasteiger partial charge < -0.3 is 10.2 Å². The van der Waals surface area contributed by atoms with E-state index in [1.165, 1.54) is 25.7 Å². The van der Waals surface area contributed by atoms with Gasteiger partial charge in [-0.2, -0.15) is 0 Å². The number of oxime groups is 1. The summed E-state index contributed by atoms with van der Waals surface area (Å²) in [6.45, 7) is 6.33. The van der Waals surface area contributed by atoms with Crippen molar-refractivity contribution in [2.75, 3.05) is 13.2 Å². The van der Waals surface area contributed by atoms with Crippen molar-refractivity contribution in [3.05, 3.63) is 0 Å². The van der Waals surface area contributed by atoms with Crippen LogP contribution >= 0.6 is 12.4 Å². The number of hydrogen-bond donors (Lipinski definition) is 1. The molecule has 0 aromatic heterocycles. The smallest absolute Gasteiger partial charge is 0.202 e. The quantitative estimate of drug-likeness (QED) is 0.528. The minimum atomic E-state index is -0.192. The van der Waals surface area contributed by atoms with Crippen LogP contribution in [0.25, 0.3) is 0 Å². The molecule has 0 aromatic carbocycles. The molecule has 7 atom stereocenters. The van der Waals surface area contributed by atoms with E-state index in [0.29, 0.717) is 30.9 Å². The Hall–Kier alpha value is -0.940. The van der Waals surface area contributed by atoms with Crippen LogP contribution in [0.1, 0.15) is 78.1 Å². The van der Waals surface area contributed by atoms with Gasteiger partial charge in [-0.05, 0) is 87.0 Å². The highest BCUT2D eigenvalue weighted by atomic mass is 35.5. The number of nitrogens with zero attached hydrogens (tertiary/aromatic N) is 1. The van der Waals surface area contributed by atoms with E-state index in [1.807, 2.05) is 0 Å². The number of rotatable bonds is 3. The second-order valence-electron chi connectivity index (χ2n) is 11.1. The summed E-state index contributed by atoms with van der Waals surface area (Å²) in [4.78, 5) is 32.2. The fourth-order valence-electron chi connectivity index (χ4n) is 7.76. The molecule has 0 radical (unpaired) electrons. The number of fused-ring (bicyclic) bond motifs is 5. The van der Waals surface area contributed by atoms with Gasteiger partial charge in [0.2, 0.25) is 11.6 Å². The lowest BCUT2D eigenvalue weighted by atomic mass is 9.44. The summed E-state index contributed by atoms with van der Waals surface area (Å²) in [5.41, 5.74) is 1.21. The molecule has 6 heteroatoms. The first kappa shape index (κ1) is 22.3. The Labute approximate surface area is 186 Å². The Morgan fingerprint density at radius 3 is 2.63 bits per heavy atom. The van der Waals surface area contributed by atoms with E-state index in [1.54, 1.807) is 0 Å². The Kier molecular flexibility index (Phi) is 6.08. The predicted molar refractivity (Wildman–Crippen MR) is 119 cm³/mol. The lowest BCUT2D eigenvalue weighted by Gasteiger charge is -2.58. The highest BCUT2D eigenvalue weighted by Crippen LogP contribution is 2.64. The third-order valence-electron chi connectivity index (χ3n) is 9.58. The zero-order chi connectivity index (χ0) is 20.2. The lowest BCUT2D eigenvalue weighted by Crippen LogP contribution is -2.60. The van der Waals surface area contributed by atoms with Gasteiger partial charge in [0.1, 0.15) is 6.61 Å². The monoisotopic (exact) mass is 436 g/mol. The van der Waals surface area contributed by atoms with E-state index in [2.05, 4.69) is 24.3 Å². The molecule has 5 rings (SSSR count). The highest BCUT2D eigenvalue weighted by molar-refractivity contribution is 6.40. The van der Waals surface area contributed by atoms with Gasteiger partial charge in [-0.1, -0.05) is 25.4 Å². The third-order valence-corrected chi connectivity index (χ3v) is 9.58. The molecule has 5 fully saturated rings. The molecular weight excluding hydrogens is 400 g/mol. The van der Waals surface area contributed by atoms with Crippen molar-refractivity contribution >= 4 is 29.7 Å². The standard InChI is InChI=1S/C24H36N2O3.ClH/c1-23-9-3-6-17(23)20-18(8-10-23)24(2)11-7-15(13-19(24)21(27)22(20)28)26-29-14-16-5-4-12-25-16;/h16-20,25H,3-14H2,1-2H3;1H/b26-15+;/t16-,17+,18+,19?,20+,23+,24-;/m1./s1. The number of carbonyl (C=O) groups is 2. The number of hydrogen-bond acceptors (Lipinski definition) is 5. The first-order chi connectivity index (χ1) is 13.9. The number of Topliss-reactive ketones (excluding diaryl/α,β-unsaturated/α-hetero) is 2. The third kappa shape index (κ3) is 3.44. The lowest BCUT2D eigenvalue weighted by molar-refractivity contribution is -0.164.